The van der Waals surface area contributed by atoms with E-state index >= 15 is 0 Å². The fourth-order valence-electron chi connectivity index (χ4n) is 2.66. The van der Waals surface area contributed by atoms with Crippen molar-refractivity contribution < 1.29 is 4.79 Å². The molecule has 2 aliphatic heterocycles. The Hall–Kier alpha value is -0.910. The van der Waals surface area contributed by atoms with E-state index in [9.17, 15) is 4.79 Å². The summed E-state index contributed by atoms with van der Waals surface area (Å²) in [6.45, 7) is 3.73. The Morgan fingerprint density at radius 1 is 1.47 bits per heavy atom. The van der Waals surface area contributed by atoms with Crippen molar-refractivity contribution >= 4 is 17.2 Å². The Labute approximate surface area is 105 Å². The molecule has 2 fully saturated rings. The van der Waals surface area contributed by atoms with Crippen LogP contribution in [0.15, 0.2) is 17.5 Å². The summed E-state index contributed by atoms with van der Waals surface area (Å²) in [4.78, 5) is 17.9. The molecule has 3 rings (SSSR count). The standard InChI is InChI=1S/C12H17N3OS/c1-14-4-5-15-9(8-14)7-13-11(12(15)16)10-3-2-6-17-10/h2-3,6,9,11,13H,4-5,7-8H2,1H3. The summed E-state index contributed by atoms with van der Waals surface area (Å²) in [5, 5.41) is 5.41. The number of amides is 1. The van der Waals surface area contributed by atoms with E-state index in [0.717, 1.165) is 31.1 Å². The predicted octanol–water partition coefficient (Wildman–Crippen LogP) is 0.535. The van der Waals surface area contributed by atoms with E-state index < -0.39 is 0 Å². The number of hydrogen-bond acceptors (Lipinski definition) is 4. The molecule has 3 heterocycles. The number of hydrogen-bond donors (Lipinski definition) is 1. The first-order chi connectivity index (χ1) is 8.25. The fourth-order valence-corrected chi connectivity index (χ4v) is 3.45. The van der Waals surface area contributed by atoms with Crippen molar-refractivity contribution in [2.75, 3.05) is 33.2 Å². The van der Waals surface area contributed by atoms with Crippen LogP contribution in [0.1, 0.15) is 10.9 Å². The van der Waals surface area contributed by atoms with Crippen LogP contribution in [0, 0.1) is 0 Å². The molecule has 2 saturated heterocycles. The van der Waals surface area contributed by atoms with Crippen molar-refractivity contribution in [3.8, 4) is 0 Å². The lowest BCUT2D eigenvalue weighted by Gasteiger charge is -2.45. The highest BCUT2D eigenvalue weighted by Crippen LogP contribution is 2.26. The van der Waals surface area contributed by atoms with Crippen LogP contribution >= 0.6 is 11.3 Å². The van der Waals surface area contributed by atoms with E-state index in [1.54, 1.807) is 11.3 Å². The van der Waals surface area contributed by atoms with Gasteiger partial charge in [0.05, 0.1) is 6.04 Å². The van der Waals surface area contributed by atoms with Crippen LogP contribution in [0.4, 0.5) is 0 Å². The lowest BCUT2D eigenvalue weighted by atomic mass is 10.0. The van der Waals surface area contributed by atoms with Gasteiger partial charge in [-0.1, -0.05) is 6.07 Å². The van der Waals surface area contributed by atoms with E-state index in [0.29, 0.717) is 6.04 Å². The van der Waals surface area contributed by atoms with Crippen LogP contribution in [-0.2, 0) is 4.79 Å². The molecule has 1 aromatic heterocycles. The molecule has 0 radical (unpaired) electrons. The van der Waals surface area contributed by atoms with Crippen molar-refractivity contribution in [2.45, 2.75) is 12.1 Å². The number of fused-ring (bicyclic) bond motifs is 1. The number of likely N-dealkylation sites (N-methyl/N-ethyl adjacent to an activating group) is 1. The second-order valence-electron chi connectivity index (χ2n) is 4.80. The van der Waals surface area contributed by atoms with Gasteiger partial charge in [0.25, 0.3) is 0 Å². The van der Waals surface area contributed by atoms with Crippen LogP contribution in [0.3, 0.4) is 0 Å². The first kappa shape index (κ1) is 11.2. The van der Waals surface area contributed by atoms with Crippen LogP contribution in [0.25, 0.3) is 0 Å². The zero-order valence-corrected chi connectivity index (χ0v) is 10.7. The maximum atomic E-state index is 12.4. The lowest BCUT2D eigenvalue weighted by Crippen LogP contribution is -2.63. The van der Waals surface area contributed by atoms with Gasteiger partial charge in [-0.2, -0.15) is 0 Å². The Morgan fingerprint density at radius 3 is 3.12 bits per heavy atom. The van der Waals surface area contributed by atoms with Crippen LogP contribution in [0.5, 0.6) is 0 Å². The van der Waals surface area contributed by atoms with Gasteiger partial charge in [0.2, 0.25) is 5.91 Å². The molecule has 0 saturated carbocycles. The summed E-state index contributed by atoms with van der Waals surface area (Å²) < 4.78 is 0. The number of nitrogens with zero attached hydrogens (tertiary/aromatic N) is 2. The predicted molar refractivity (Wildman–Crippen MR) is 68.1 cm³/mol. The van der Waals surface area contributed by atoms with Crippen LogP contribution in [0.2, 0.25) is 0 Å². The topological polar surface area (TPSA) is 35.6 Å². The molecular weight excluding hydrogens is 234 g/mol. The quantitative estimate of drug-likeness (QED) is 0.791. The van der Waals surface area contributed by atoms with Crippen molar-refractivity contribution in [2.24, 2.45) is 0 Å². The molecule has 5 heteroatoms. The number of rotatable bonds is 1. The van der Waals surface area contributed by atoms with E-state index in [4.69, 9.17) is 0 Å². The lowest BCUT2D eigenvalue weighted by molar-refractivity contribution is -0.141. The van der Waals surface area contributed by atoms with Crippen molar-refractivity contribution in [1.82, 2.24) is 15.1 Å². The third-order valence-electron chi connectivity index (χ3n) is 3.60. The third kappa shape index (κ3) is 1.99. The monoisotopic (exact) mass is 251 g/mol. The molecule has 92 valence electrons. The number of carbonyl (C=O) groups is 1. The summed E-state index contributed by atoms with van der Waals surface area (Å²) in [6, 6.07) is 4.27. The average molecular weight is 251 g/mol. The first-order valence-corrected chi connectivity index (χ1v) is 6.89. The zero-order valence-electron chi connectivity index (χ0n) is 9.93. The van der Waals surface area contributed by atoms with Crippen molar-refractivity contribution in [3.05, 3.63) is 22.4 Å². The normalized spacial score (nSPS) is 30.4. The molecule has 2 unspecified atom stereocenters. The van der Waals surface area contributed by atoms with Gasteiger partial charge in [-0.3, -0.25) is 10.1 Å². The largest absolute Gasteiger partial charge is 0.334 e. The maximum absolute atomic E-state index is 12.4. The Kier molecular flexibility index (Phi) is 2.90. The highest BCUT2D eigenvalue weighted by atomic mass is 32.1. The number of thiophene rings is 1. The molecule has 4 nitrogen and oxygen atoms in total. The summed E-state index contributed by atoms with van der Waals surface area (Å²) >= 11 is 1.65. The van der Waals surface area contributed by atoms with E-state index in [1.807, 2.05) is 17.5 Å². The van der Waals surface area contributed by atoms with Crippen molar-refractivity contribution in [3.63, 3.8) is 0 Å². The molecule has 0 spiro atoms. The third-order valence-corrected chi connectivity index (χ3v) is 4.54. The van der Waals surface area contributed by atoms with E-state index in [1.165, 1.54) is 0 Å². The van der Waals surface area contributed by atoms with Crippen LogP contribution in [-0.4, -0.2) is 55.0 Å². The van der Waals surface area contributed by atoms with Gasteiger partial charge in [0.1, 0.15) is 6.04 Å². The van der Waals surface area contributed by atoms with Gasteiger partial charge in [-0.25, -0.2) is 0 Å². The van der Waals surface area contributed by atoms with Gasteiger partial charge in [-0.05, 0) is 18.5 Å². The summed E-state index contributed by atoms with van der Waals surface area (Å²) in [5.74, 6) is 0.247. The minimum Gasteiger partial charge on any atom is -0.334 e. The second kappa shape index (κ2) is 4.40. The second-order valence-corrected chi connectivity index (χ2v) is 5.78. The summed E-state index contributed by atoms with van der Waals surface area (Å²) in [7, 11) is 2.12. The highest BCUT2D eigenvalue weighted by molar-refractivity contribution is 7.10. The molecule has 0 bridgehead atoms. The smallest absolute Gasteiger partial charge is 0.245 e. The van der Waals surface area contributed by atoms with Gasteiger partial charge >= 0.3 is 0 Å². The first-order valence-electron chi connectivity index (χ1n) is 6.01. The van der Waals surface area contributed by atoms with Gasteiger partial charge in [0, 0.05) is 31.1 Å². The molecule has 1 aromatic rings. The number of carbonyl (C=O) groups excluding carboxylic acids is 1. The Bertz CT molecular complexity index is 406. The number of nitrogens with one attached hydrogen (secondary N) is 1. The van der Waals surface area contributed by atoms with E-state index in [-0.39, 0.29) is 11.9 Å². The average Bonchev–Trinajstić information content (AvgIpc) is 2.82. The molecule has 1 N–H and O–H groups in total. The minimum atomic E-state index is -0.116. The Balaban J connectivity index is 1.78. The zero-order chi connectivity index (χ0) is 11.8. The van der Waals surface area contributed by atoms with Crippen LogP contribution < -0.4 is 5.32 Å². The van der Waals surface area contributed by atoms with E-state index in [2.05, 4.69) is 22.2 Å². The Morgan fingerprint density at radius 2 is 2.35 bits per heavy atom. The minimum absolute atomic E-state index is 0.116. The molecule has 2 atom stereocenters. The summed E-state index contributed by atoms with van der Waals surface area (Å²) in [6.07, 6.45) is 0. The molecule has 0 aliphatic carbocycles. The van der Waals surface area contributed by atoms with Gasteiger partial charge in [-0.15, -0.1) is 11.3 Å². The molecule has 0 aromatic carbocycles. The molecule has 1 amide bonds. The molecular formula is C12H17N3OS. The molecule has 2 aliphatic rings. The van der Waals surface area contributed by atoms with Gasteiger partial charge in [0.15, 0.2) is 0 Å². The van der Waals surface area contributed by atoms with Gasteiger partial charge < -0.3 is 9.80 Å². The SMILES string of the molecule is CN1CCN2C(=O)C(c3cccs3)NCC2C1. The fraction of sp³-hybridized carbons (Fsp3) is 0.583. The number of piperazine rings is 2. The van der Waals surface area contributed by atoms with Crippen molar-refractivity contribution in [1.29, 1.82) is 0 Å². The summed E-state index contributed by atoms with van der Waals surface area (Å²) in [5.41, 5.74) is 0. The maximum Gasteiger partial charge on any atom is 0.245 e. The highest BCUT2D eigenvalue weighted by Gasteiger charge is 2.38. The molecule has 17 heavy (non-hydrogen) atoms.